The number of hydrogen-bond donors (Lipinski definition) is 2. The Kier molecular flexibility index (Phi) is 7.06. The van der Waals surface area contributed by atoms with Crippen LogP contribution < -0.4 is 10.1 Å². The SMILES string of the molecule is COc1ccc(CCC(O)(C(=O)N[C@H]2C[N+]3(CCCC#N)CCC2CC3)c2ccco2)cc1. The van der Waals surface area contributed by atoms with Crippen molar-refractivity contribution in [2.24, 2.45) is 5.92 Å². The Balaban J connectivity index is 1.46. The molecule has 7 nitrogen and oxygen atoms in total. The number of hydrogen-bond acceptors (Lipinski definition) is 5. The van der Waals surface area contributed by atoms with Crippen LogP contribution in [0.3, 0.4) is 0 Å². The second-order valence-corrected chi connectivity index (χ2v) is 9.56. The molecule has 4 heterocycles. The third kappa shape index (κ3) is 5.07. The Bertz CT molecular complexity index is 958. The van der Waals surface area contributed by atoms with Gasteiger partial charge < -0.3 is 24.1 Å². The molecule has 0 aliphatic carbocycles. The van der Waals surface area contributed by atoms with Crippen molar-refractivity contribution in [3.8, 4) is 11.8 Å². The number of nitrogens with one attached hydrogen (secondary N) is 1. The van der Waals surface area contributed by atoms with E-state index < -0.39 is 5.60 Å². The number of aryl methyl sites for hydroxylation is 1. The summed E-state index contributed by atoms with van der Waals surface area (Å²) in [7, 11) is 1.62. The second kappa shape index (κ2) is 9.98. The van der Waals surface area contributed by atoms with E-state index in [1.807, 2.05) is 24.3 Å². The minimum absolute atomic E-state index is 0.0320. The van der Waals surface area contributed by atoms with E-state index in [2.05, 4.69) is 11.4 Å². The second-order valence-electron chi connectivity index (χ2n) is 9.56. The molecule has 1 unspecified atom stereocenters. The molecule has 3 fully saturated rings. The number of rotatable bonds is 10. The molecule has 0 spiro atoms. The fraction of sp³-hybridized carbons (Fsp3) is 0.538. The Morgan fingerprint density at radius 1 is 1.30 bits per heavy atom. The van der Waals surface area contributed by atoms with Crippen LogP contribution in [0.1, 0.15) is 43.4 Å². The first kappa shape index (κ1) is 23.3. The number of nitrogens with zero attached hydrogens (tertiary/aromatic N) is 2. The highest BCUT2D eigenvalue weighted by Gasteiger charge is 2.48. The number of piperidine rings is 3. The highest BCUT2D eigenvalue weighted by Crippen LogP contribution is 2.36. The van der Waals surface area contributed by atoms with Crippen LogP contribution in [0.15, 0.2) is 47.1 Å². The summed E-state index contributed by atoms with van der Waals surface area (Å²) >= 11 is 0. The minimum Gasteiger partial charge on any atom is -0.497 e. The summed E-state index contributed by atoms with van der Waals surface area (Å²) in [4.78, 5) is 13.5. The fourth-order valence-corrected chi connectivity index (χ4v) is 5.53. The van der Waals surface area contributed by atoms with Gasteiger partial charge >= 0.3 is 0 Å². The van der Waals surface area contributed by atoms with Gasteiger partial charge in [0.2, 0.25) is 5.60 Å². The number of benzene rings is 1. The van der Waals surface area contributed by atoms with Gasteiger partial charge in [-0.2, -0.15) is 5.26 Å². The van der Waals surface area contributed by atoms with Crippen molar-refractivity contribution in [3.63, 3.8) is 0 Å². The lowest BCUT2D eigenvalue weighted by Crippen LogP contribution is -2.68. The van der Waals surface area contributed by atoms with Gasteiger partial charge in [-0.05, 0) is 48.6 Å². The van der Waals surface area contributed by atoms with Crippen molar-refractivity contribution < 1.29 is 23.5 Å². The Labute approximate surface area is 195 Å². The Hall–Kier alpha value is -2.82. The molecule has 0 radical (unpaired) electrons. The highest BCUT2D eigenvalue weighted by molar-refractivity contribution is 5.86. The number of carbonyl (C=O) groups excluding carboxylic acids is 1. The molecule has 2 N–H and O–H groups in total. The zero-order chi connectivity index (χ0) is 23.3. The van der Waals surface area contributed by atoms with Gasteiger partial charge in [-0.15, -0.1) is 0 Å². The molecule has 3 saturated heterocycles. The number of fused-ring (bicyclic) bond motifs is 3. The number of nitriles is 1. The molecule has 7 heteroatoms. The Morgan fingerprint density at radius 3 is 2.70 bits per heavy atom. The molecule has 33 heavy (non-hydrogen) atoms. The molecule has 176 valence electrons. The van der Waals surface area contributed by atoms with E-state index in [1.54, 1.807) is 19.2 Å². The number of ether oxygens (including phenoxy) is 1. The molecule has 1 aromatic heterocycles. The number of methoxy groups -OCH3 is 1. The van der Waals surface area contributed by atoms with Gasteiger partial charge in [-0.3, -0.25) is 4.79 Å². The number of unbranched alkanes of at least 4 members (excludes halogenated alkanes) is 1. The van der Waals surface area contributed by atoms with Crippen LogP contribution in [-0.2, 0) is 16.8 Å². The van der Waals surface area contributed by atoms with Crippen molar-refractivity contribution in [2.75, 3.05) is 33.3 Å². The van der Waals surface area contributed by atoms with Crippen molar-refractivity contribution in [1.82, 2.24) is 5.32 Å². The third-order valence-corrected chi connectivity index (χ3v) is 7.58. The maximum Gasteiger partial charge on any atom is 0.260 e. The van der Waals surface area contributed by atoms with Crippen LogP contribution in [-0.4, -0.2) is 54.8 Å². The van der Waals surface area contributed by atoms with Crippen molar-refractivity contribution in [2.45, 2.75) is 50.2 Å². The van der Waals surface area contributed by atoms with Crippen molar-refractivity contribution in [3.05, 3.63) is 54.0 Å². The normalized spacial score (nSPS) is 25.7. The topological polar surface area (TPSA) is 95.5 Å². The number of amides is 1. The lowest BCUT2D eigenvalue weighted by atomic mass is 9.80. The molecule has 1 aromatic carbocycles. The zero-order valence-corrected chi connectivity index (χ0v) is 19.3. The van der Waals surface area contributed by atoms with E-state index in [0.717, 1.165) is 61.2 Å². The third-order valence-electron chi connectivity index (χ3n) is 7.58. The predicted molar refractivity (Wildman–Crippen MR) is 123 cm³/mol. The van der Waals surface area contributed by atoms with E-state index in [9.17, 15) is 9.90 Å². The van der Waals surface area contributed by atoms with Crippen LogP contribution in [0.4, 0.5) is 0 Å². The van der Waals surface area contributed by atoms with Gasteiger partial charge in [0.1, 0.15) is 11.5 Å². The molecule has 3 aliphatic rings. The van der Waals surface area contributed by atoms with Gasteiger partial charge in [-0.25, -0.2) is 0 Å². The van der Waals surface area contributed by atoms with E-state index >= 15 is 0 Å². The number of carbonyl (C=O) groups is 1. The van der Waals surface area contributed by atoms with Crippen LogP contribution >= 0.6 is 0 Å². The van der Waals surface area contributed by atoms with Crippen LogP contribution in [0.25, 0.3) is 0 Å². The van der Waals surface area contributed by atoms with Gasteiger partial charge in [0.15, 0.2) is 0 Å². The maximum absolute atomic E-state index is 13.5. The van der Waals surface area contributed by atoms with E-state index in [1.165, 1.54) is 6.26 Å². The standard InChI is InChI=1S/C26H33N3O4/c1-32-22-8-6-20(7-9-22)10-13-26(31,24-5-4-18-33-24)25(30)28-23-19-29(15-3-2-14-27)16-11-21(23)12-17-29/h4-9,18,21,23,31H,2-3,10-13,15-17,19H2,1H3/p+1/t21?,23-,26?,29?/m0/s1. The number of aliphatic hydroxyl groups is 1. The highest BCUT2D eigenvalue weighted by atomic mass is 16.5. The first-order valence-electron chi connectivity index (χ1n) is 11.9. The van der Waals surface area contributed by atoms with Crippen LogP contribution in [0.5, 0.6) is 5.75 Å². The minimum atomic E-state index is -1.74. The average Bonchev–Trinajstić information content (AvgIpc) is 3.39. The first-order valence-corrected chi connectivity index (χ1v) is 11.9. The van der Waals surface area contributed by atoms with Gasteiger partial charge in [0.05, 0.1) is 51.7 Å². The molecule has 2 bridgehead atoms. The summed E-state index contributed by atoms with van der Waals surface area (Å²) < 4.78 is 11.7. The first-order chi connectivity index (χ1) is 16.0. The molecule has 2 atom stereocenters. The number of furan rings is 1. The smallest absolute Gasteiger partial charge is 0.260 e. The summed E-state index contributed by atoms with van der Waals surface area (Å²) in [6.45, 7) is 4.08. The number of quaternary nitrogens is 1. The summed E-state index contributed by atoms with van der Waals surface area (Å²) in [5.41, 5.74) is -0.723. The summed E-state index contributed by atoms with van der Waals surface area (Å²) in [6, 6.07) is 13.3. The van der Waals surface area contributed by atoms with Crippen LogP contribution in [0, 0.1) is 17.2 Å². The van der Waals surface area contributed by atoms with Gasteiger partial charge in [0.25, 0.3) is 5.91 Å². The van der Waals surface area contributed by atoms with Gasteiger partial charge in [0, 0.05) is 25.7 Å². The summed E-state index contributed by atoms with van der Waals surface area (Å²) in [6.07, 6.45) is 5.84. The molecular formula is C26H34N3O4+. The van der Waals surface area contributed by atoms with E-state index in [0.29, 0.717) is 18.8 Å². The molecule has 2 aromatic rings. The van der Waals surface area contributed by atoms with Gasteiger partial charge in [-0.1, -0.05) is 12.1 Å². The monoisotopic (exact) mass is 452 g/mol. The van der Waals surface area contributed by atoms with E-state index in [-0.39, 0.29) is 24.1 Å². The van der Waals surface area contributed by atoms with Crippen molar-refractivity contribution in [1.29, 1.82) is 5.26 Å². The lowest BCUT2D eigenvalue weighted by Gasteiger charge is -2.53. The molecule has 5 rings (SSSR count). The lowest BCUT2D eigenvalue weighted by molar-refractivity contribution is -0.944. The van der Waals surface area contributed by atoms with Crippen LogP contribution in [0.2, 0.25) is 0 Å². The fourth-order valence-electron chi connectivity index (χ4n) is 5.53. The quantitative estimate of drug-likeness (QED) is 0.427. The Morgan fingerprint density at radius 2 is 2.06 bits per heavy atom. The molecule has 3 aliphatic heterocycles. The maximum atomic E-state index is 13.5. The zero-order valence-electron chi connectivity index (χ0n) is 19.3. The average molecular weight is 453 g/mol. The predicted octanol–water partition coefficient (Wildman–Crippen LogP) is 3.14. The molecule has 0 saturated carbocycles. The van der Waals surface area contributed by atoms with Crippen molar-refractivity contribution >= 4 is 5.91 Å². The van der Waals surface area contributed by atoms with E-state index in [4.69, 9.17) is 14.4 Å². The molecule has 1 amide bonds. The largest absolute Gasteiger partial charge is 0.497 e. The summed E-state index contributed by atoms with van der Waals surface area (Å²) in [5, 5.41) is 23.7. The summed E-state index contributed by atoms with van der Waals surface area (Å²) in [5.74, 6) is 1.09. The molecular weight excluding hydrogens is 418 g/mol.